The Morgan fingerprint density at radius 2 is 1.53 bits per heavy atom. The third kappa shape index (κ3) is 2.90. The van der Waals surface area contributed by atoms with Gasteiger partial charge in [-0.3, -0.25) is 4.90 Å². The lowest BCUT2D eigenvalue weighted by Gasteiger charge is -2.42. The Morgan fingerprint density at radius 3 is 1.80 bits per heavy atom. The number of alkyl halides is 2. The first-order chi connectivity index (χ1) is 6.43. The minimum atomic E-state index is -2.52. The highest BCUT2D eigenvalue weighted by molar-refractivity contribution is 5.00. The second-order valence-corrected chi connectivity index (χ2v) is 6.74. The van der Waals surface area contributed by atoms with Gasteiger partial charge in [0, 0.05) is 18.0 Å². The Hall–Kier alpha value is -0.180. The molecule has 1 nitrogen and oxygen atoms in total. The zero-order valence-corrected chi connectivity index (χ0v) is 10.7. The lowest BCUT2D eigenvalue weighted by molar-refractivity contribution is 0.000566. The molecule has 90 valence electrons. The van der Waals surface area contributed by atoms with Crippen LogP contribution in [0, 0.1) is 5.41 Å². The number of rotatable bonds is 0. The van der Waals surface area contributed by atoms with Crippen molar-refractivity contribution in [3.05, 3.63) is 0 Å². The third-order valence-corrected chi connectivity index (χ3v) is 3.13. The van der Waals surface area contributed by atoms with E-state index in [-0.39, 0.29) is 30.0 Å². The van der Waals surface area contributed by atoms with E-state index in [1.165, 1.54) is 0 Å². The number of hydrogen-bond donors (Lipinski definition) is 0. The molecule has 3 heteroatoms. The Kier molecular flexibility index (Phi) is 2.93. The molecule has 0 N–H and O–H groups in total. The first-order valence-electron chi connectivity index (χ1n) is 5.58. The molecule has 1 heterocycles. The van der Waals surface area contributed by atoms with Gasteiger partial charge in [0.05, 0.1) is 6.54 Å². The SMILES string of the molecule is CC(C)(C)C1CC(F)(F)CN1C(C)(C)C. The van der Waals surface area contributed by atoms with Gasteiger partial charge in [0.1, 0.15) is 0 Å². The third-order valence-electron chi connectivity index (χ3n) is 3.13. The van der Waals surface area contributed by atoms with Gasteiger partial charge < -0.3 is 0 Å². The fraction of sp³-hybridized carbons (Fsp3) is 1.00. The molecule has 0 aromatic carbocycles. The summed E-state index contributed by atoms with van der Waals surface area (Å²) in [6.07, 6.45) is -0.00618. The van der Waals surface area contributed by atoms with E-state index in [1.54, 1.807) is 0 Å². The normalized spacial score (nSPS) is 28.4. The Morgan fingerprint density at radius 1 is 1.07 bits per heavy atom. The van der Waals surface area contributed by atoms with Crippen LogP contribution < -0.4 is 0 Å². The van der Waals surface area contributed by atoms with Gasteiger partial charge in [-0.25, -0.2) is 8.78 Å². The monoisotopic (exact) mass is 219 g/mol. The van der Waals surface area contributed by atoms with E-state index < -0.39 is 5.92 Å². The molecule has 15 heavy (non-hydrogen) atoms. The molecular weight excluding hydrogens is 196 g/mol. The minimum absolute atomic E-state index is 0.00618. The van der Waals surface area contributed by atoms with Crippen molar-refractivity contribution < 1.29 is 8.78 Å². The topological polar surface area (TPSA) is 3.24 Å². The first-order valence-corrected chi connectivity index (χ1v) is 5.58. The largest absolute Gasteiger partial charge is 0.289 e. The zero-order valence-electron chi connectivity index (χ0n) is 10.7. The summed E-state index contributed by atoms with van der Waals surface area (Å²) < 4.78 is 26.9. The summed E-state index contributed by atoms with van der Waals surface area (Å²) in [6.45, 7) is 12.0. The lowest BCUT2D eigenvalue weighted by atomic mass is 9.83. The fourth-order valence-corrected chi connectivity index (χ4v) is 2.30. The zero-order chi connectivity index (χ0) is 12.1. The molecule has 1 aliphatic heterocycles. The minimum Gasteiger partial charge on any atom is -0.289 e. The Labute approximate surface area is 91.8 Å². The van der Waals surface area contributed by atoms with Crippen molar-refractivity contribution in [1.82, 2.24) is 4.90 Å². The number of halogens is 2. The van der Waals surface area contributed by atoms with Crippen LogP contribution in [0.15, 0.2) is 0 Å². The van der Waals surface area contributed by atoms with Crippen molar-refractivity contribution in [2.75, 3.05) is 6.54 Å². The fourth-order valence-electron chi connectivity index (χ4n) is 2.30. The summed E-state index contributed by atoms with van der Waals surface area (Å²) >= 11 is 0. The van der Waals surface area contributed by atoms with Gasteiger partial charge in [0.15, 0.2) is 0 Å². The van der Waals surface area contributed by atoms with Crippen LogP contribution in [0.5, 0.6) is 0 Å². The molecule has 0 amide bonds. The van der Waals surface area contributed by atoms with E-state index in [0.717, 1.165) is 0 Å². The standard InChI is InChI=1S/C12H23F2N/c1-10(2,3)9-7-12(13,14)8-15(9)11(4,5)6/h9H,7-8H2,1-6H3. The first kappa shape index (κ1) is 12.9. The number of hydrogen-bond acceptors (Lipinski definition) is 1. The van der Waals surface area contributed by atoms with Crippen molar-refractivity contribution in [3.8, 4) is 0 Å². The molecule has 1 unspecified atom stereocenters. The van der Waals surface area contributed by atoms with Crippen LogP contribution in [0.1, 0.15) is 48.0 Å². The number of likely N-dealkylation sites (tertiary alicyclic amines) is 1. The summed E-state index contributed by atoms with van der Waals surface area (Å²) in [6, 6.07) is -0.0347. The predicted octanol–water partition coefficient (Wildman–Crippen LogP) is 3.54. The lowest BCUT2D eigenvalue weighted by Crippen LogP contribution is -2.49. The van der Waals surface area contributed by atoms with Crippen molar-refractivity contribution in [3.63, 3.8) is 0 Å². The van der Waals surface area contributed by atoms with Crippen LogP contribution in [0.4, 0.5) is 8.78 Å². The van der Waals surface area contributed by atoms with E-state index in [2.05, 4.69) is 0 Å². The van der Waals surface area contributed by atoms with Gasteiger partial charge in [-0.05, 0) is 26.2 Å². The van der Waals surface area contributed by atoms with E-state index in [1.807, 2.05) is 46.4 Å². The number of nitrogens with zero attached hydrogens (tertiary/aromatic N) is 1. The maximum absolute atomic E-state index is 13.5. The van der Waals surface area contributed by atoms with Gasteiger partial charge >= 0.3 is 0 Å². The molecule has 0 bridgehead atoms. The van der Waals surface area contributed by atoms with Gasteiger partial charge in [0.25, 0.3) is 5.92 Å². The average Bonchev–Trinajstić information content (AvgIpc) is 2.23. The predicted molar refractivity (Wildman–Crippen MR) is 59.3 cm³/mol. The van der Waals surface area contributed by atoms with E-state index in [0.29, 0.717) is 0 Å². The van der Waals surface area contributed by atoms with Crippen molar-refractivity contribution in [2.45, 2.75) is 65.5 Å². The van der Waals surface area contributed by atoms with E-state index >= 15 is 0 Å². The second-order valence-electron chi connectivity index (χ2n) is 6.74. The highest BCUT2D eigenvalue weighted by Crippen LogP contribution is 2.43. The second kappa shape index (κ2) is 3.41. The summed E-state index contributed by atoms with van der Waals surface area (Å²) in [5, 5.41) is 0. The molecule has 0 aliphatic carbocycles. The highest BCUT2D eigenvalue weighted by Gasteiger charge is 2.51. The maximum atomic E-state index is 13.5. The van der Waals surface area contributed by atoms with E-state index in [4.69, 9.17) is 0 Å². The van der Waals surface area contributed by atoms with Crippen molar-refractivity contribution >= 4 is 0 Å². The van der Waals surface area contributed by atoms with Crippen LogP contribution >= 0.6 is 0 Å². The van der Waals surface area contributed by atoms with Crippen molar-refractivity contribution in [2.24, 2.45) is 5.41 Å². The molecule has 0 spiro atoms. The average molecular weight is 219 g/mol. The summed E-state index contributed by atoms with van der Waals surface area (Å²) in [7, 11) is 0. The van der Waals surface area contributed by atoms with Crippen LogP contribution in [0.2, 0.25) is 0 Å². The van der Waals surface area contributed by atoms with Gasteiger partial charge in [-0.15, -0.1) is 0 Å². The molecule has 1 aliphatic rings. The molecule has 0 aromatic rings. The van der Waals surface area contributed by atoms with Crippen LogP contribution in [-0.2, 0) is 0 Å². The molecule has 1 fully saturated rings. The molecule has 0 saturated carbocycles. The van der Waals surface area contributed by atoms with E-state index in [9.17, 15) is 8.78 Å². The molecule has 1 saturated heterocycles. The highest BCUT2D eigenvalue weighted by atomic mass is 19.3. The van der Waals surface area contributed by atoms with Crippen LogP contribution in [-0.4, -0.2) is 28.9 Å². The quantitative estimate of drug-likeness (QED) is 0.602. The van der Waals surface area contributed by atoms with Gasteiger partial charge in [0.2, 0.25) is 0 Å². The van der Waals surface area contributed by atoms with Crippen LogP contribution in [0.3, 0.4) is 0 Å². The summed E-state index contributed by atoms with van der Waals surface area (Å²) in [5.41, 5.74) is -0.273. The van der Waals surface area contributed by atoms with Crippen LogP contribution in [0.25, 0.3) is 0 Å². The maximum Gasteiger partial charge on any atom is 0.262 e. The van der Waals surface area contributed by atoms with Crippen molar-refractivity contribution in [1.29, 1.82) is 0 Å². The molecular formula is C12H23F2N. The molecule has 1 atom stereocenters. The van der Waals surface area contributed by atoms with Gasteiger partial charge in [-0.1, -0.05) is 20.8 Å². The Bertz CT molecular complexity index is 211. The molecule has 0 aromatic heterocycles. The van der Waals surface area contributed by atoms with Gasteiger partial charge in [-0.2, -0.15) is 0 Å². The summed E-state index contributed by atoms with van der Waals surface area (Å²) in [4.78, 5) is 1.95. The Balaban J connectivity index is 2.95. The molecule has 1 rings (SSSR count). The summed E-state index contributed by atoms with van der Waals surface area (Å²) in [5.74, 6) is -2.52. The smallest absolute Gasteiger partial charge is 0.262 e. The molecule has 0 radical (unpaired) electrons.